The molecule has 6 heteroatoms. The minimum absolute atomic E-state index is 0.192. The molecule has 84 valence electrons. The largest absolute Gasteiger partial charge is 0.461 e. The first-order valence-electron chi connectivity index (χ1n) is 5.04. The smallest absolute Gasteiger partial charge is 0.360 e. The van der Waals surface area contributed by atoms with Crippen molar-refractivity contribution in [1.82, 2.24) is 15.4 Å². The molecule has 1 atom stereocenters. The Bertz CT molecular complexity index is 324. The highest BCUT2D eigenvalue weighted by Crippen LogP contribution is 2.16. The van der Waals surface area contributed by atoms with Crippen molar-refractivity contribution in [3.05, 3.63) is 11.4 Å². The third kappa shape index (κ3) is 2.76. The number of ether oxygens (including phenoxy) is 1. The first-order chi connectivity index (χ1) is 7.20. The molecule has 1 aromatic rings. The van der Waals surface area contributed by atoms with E-state index in [0.717, 1.165) is 12.8 Å². The van der Waals surface area contributed by atoms with Gasteiger partial charge in [-0.15, -0.1) is 5.10 Å². The molecule has 0 fully saturated rings. The van der Waals surface area contributed by atoms with Crippen molar-refractivity contribution in [2.75, 3.05) is 6.61 Å². The standard InChI is InChI=1S/C9H16N4O2/c1-3-5-6(10)7-8(12-13-11-7)9(14)15-4-2/h6H,3-5,10H2,1-2H3,(H,11,12,13). The van der Waals surface area contributed by atoms with Gasteiger partial charge in [-0.05, 0) is 13.3 Å². The van der Waals surface area contributed by atoms with E-state index in [9.17, 15) is 4.79 Å². The molecule has 0 aliphatic rings. The maximum absolute atomic E-state index is 11.4. The van der Waals surface area contributed by atoms with Crippen molar-refractivity contribution in [2.45, 2.75) is 32.7 Å². The van der Waals surface area contributed by atoms with Gasteiger partial charge >= 0.3 is 5.97 Å². The zero-order valence-electron chi connectivity index (χ0n) is 8.99. The van der Waals surface area contributed by atoms with Crippen LogP contribution in [0.2, 0.25) is 0 Å². The van der Waals surface area contributed by atoms with Crippen LogP contribution in [0.1, 0.15) is 48.9 Å². The van der Waals surface area contributed by atoms with Crippen LogP contribution < -0.4 is 5.73 Å². The van der Waals surface area contributed by atoms with E-state index in [1.165, 1.54) is 0 Å². The molecule has 0 aliphatic carbocycles. The Kier molecular flexibility index (Phi) is 4.23. The lowest BCUT2D eigenvalue weighted by atomic mass is 10.1. The number of hydrogen-bond acceptors (Lipinski definition) is 5. The number of hydrogen-bond donors (Lipinski definition) is 2. The van der Waals surface area contributed by atoms with Gasteiger partial charge in [0.25, 0.3) is 0 Å². The van der Waals surface area contributed by atoms with E-state index in [-0.39, 0.29) is 11.7 Å². The predicted molar refractivity (Wildman–Crippen MR) is 54.2 cm³/mol. The van der Waals surface area contributed by atoms with Gasteiger partial charge in [0, 0.05) is 0 Å². The van der Waals surface area contributed by atoms with E-state index in [0.29, 0.717) is 12.3 Å². The zero-order valence-corrected chi connectivity index (χ0v) is 8.99. The summed E-state index contributed by atoms with van der Waals surface area (Å²) in [6.45, 7) is 4.07. The van der Waals surface area contributed by atoms with Gasteiger partial charge in [-0.2, -0.15) is 10.3 Å². The number of carbonyl (C=O) groups is 1. The van der Waals surface area contributed by atoms with Crippen LogP contribution in [-0.2, 0) is 4.74 Å². The number of H-pyrrole nitrogens is 1. The van der Waals surface area contributed by atoms with Crippen molar-refractivity contribution in [3.8, 4) is 0 Å². The van der Waals surface area contributed by atoms with Crippen LogP contribution in [0, 0.1) is 0 Å². The Morgan fingerprint density at radius 2 is 2.27 bits per heavy atom. The molecule has 1 aromatic heterocycles. The molecular formula is C9H16N4O2. The summed E-state index contributed by atoms with van der Waals surface area (Å²) in [5.41, 5.74) is 6.53. The third-order valence-electron chi connectivity index (χ3n) is 1.99. The van der Waals surface area contributed by atoms with Crippen molar-refractivity contribution in [1.29, 1.82) is 0 Å². The number of nitrogens with one attached hydrogen (secondary N) is 1. The van der Waals surface area contributed by atoms with Gasteiger partial charge in [0.05, 0.1) is 12.6 Å². The minimum Gasteiger partial charge on any atom is -0.461 e. The minimum atomic E-state index is -0.479. The molecule has 0 saturated heterocycles. The average Bonchev–Trinajstić information content (AvgIpc) is 2.66. The first kappa shape index (κ1) is 11.6. The van der Waals surface area contributed by atoms with Crippen molar-refractivity contribution >= 4 is 5.97 Å². The van der Waals surface area contributed by atoms with Crippen molar-refractivity contribution < 1.29 is 9.53 Å². The topological polar surface area (TPSA) is 93.9 Å². The van der Waals surface area contributed by atoms with E-state index in [2.05, 4.69) is 15.4 Å². The summed E-state index contributed by atoms with van der Waals surface area (Å²) in [5.74, 6) is -0.479. The van der Waals surface area contributed by atoms with E-state index in [1.807, 2.05) is 6.92 Å². The lowest BCUT2D eigenvalue weighted by molar-refractivity contribution is 0.0517. The van der Waals surface area contributed by atoms with Gasteiger partial charge in [0.15, 0.2) is 5.69 Å². The average molecular weight is 212 g/mol. The number of rotatable bonds is 5. The summed E-state index contributed by atoms with van der Waals surface area (Å²) in [5, 5.41) is 10.0. The number of esters is 1. The molecule has 15 heavy (non-hydrogen) atoms. The monoisotopic (exact) mass is 212 g/mol. The molecule has 3 N–H and O–H groups in total. The van der Waals surface area contributed by atoms with E-state index in [4.69, 9.17) is 10.5 Å². The number of aromatic nitrogens is 3. The maximum atomic E-state index is 11.4. The molecule has 0 saturated carbocycles. The van der Waals surface area contributed by atoms with Crippen molar-refractivity contribution in [3.63, 3.8) is 0 Å². The van der Waals surface area contributed by atoms with Gasteiger partial charge in [-0.25, -0.2) is 4.79 Å². The Hall–Kier alpha value is -1.43. The van der Waals surface area contributed by atoms with Gasteiger partial charge in [-0.3, -0.25) is 0 Å². The second kappa shape index (κ2) is 5.45. The Balaban J connectivity index is 2.81. The highest BCUT2D eigenvalue weighted by atomic mass is 16.5. The first-order valence-corrected chi connectivity index (χ1v) is 5.04. The van der Waals surface area contributed by atoms with Crippen LogP contribution in [0.3, 0.4) is 0 Å². The van der Waals surface area contributed by atoms with Crippen molar-refractivity contribution in [2.24, 2.45) is 5.73 Å². The van der Waals surface area contributed by atoms with E-state index >= 15 is 0 Å². The quantitative estimate of drug-likeness (QED) is 0.703. The van der Waals surface area contributed by atoms with Crippen LogP contribution in [0.25, 0.3) is 0 Å². The molecular weight excluding hydrogens is 196 g/mol. The fourth-order valence-electron chi connectivity index (χ4n) is 1.30. The molecule has 0 radical (unpaired) electrons. The predicted octanol–water partition coefficient (Wildman–Crippen LogP) is 0.781. The summed E-state index contributed by atoms with van der Waals surface area (Å²) in [6, 6.07) is -0.270. The lowest BCUT2D eigenvalue weighted by Gasteiger charge is -2.07. The Morgan fingerprint density at radius 1 is 1.53 bits per heavy atom. The summed E-state index contributed by atoms with van der Waals surface area (Å²) in [6.07, 6.45) is 1.69. The third-order valence-corrected chi connectivity index (χ3v) is 1.99. The fourth-order valence-corrected chi connectivity index (χ4v) is 1.30. The highest BCUT2D eigenvalue weighted by Gasteiger charge is 2.21. The number of nitrogens with zero attached hydrogens (tertiary/aromatic N) is 2. The second-order valence-corrected chi connectivity index (χ2v) is 3.17. The molecule has 1 rings (SSSR count). The number of aromatic amines is 1. The molecule has 0 bridgehead atoms. The van der Waals surface area contributed by atoms with Crippen LogP contribution in [-0.4, -0.2) is 28.0 Å². The van der Waals surface area contributed by atoms with Crippen LogP contribution in [0.4, 0.5) is 0 Å². The molecule has 0 amide bonds. The van der Waals surface area contributed by atoms with Gasteiger partial charge < -0.3 is 10.5 Å². The van der Waals surface area contributed by atoms with E-state index in [1.54, 1.807) is 6.92 Å². The second-order valence-electron chi connectivity index (χ2n) is 3.17. The SMILES string of the molecule is CCCC(N)c1n[nH]nc1C(=O)OCC. The Morgan fingerprint density at radius 3 is 2.87 bits per heavy atom. The number of carbonyl (C=O) groups excluding carboxylic acids is 1. The van der Waals surface area contributed by atoms with Gasteiger partial charge in [0.1, 0.15) is 5.69 Å². The Labute approximate surface area is 88.2 Å². The van der Waals surface area contributed by atoms with Crippen LogP contribution in [0.5, 0.6) is 0 Å². The molecule has 1 unspecified atom stereocenters. The van der Waals surface area contributed by atoms with Gasteiger partial charge in [0.2, 0.25) is 0 Å². The summed E-state index contributed by atoms with van der Waals surface area (Å²) in [4.78, 5) is 11.4. The van der Waals surface area contributed by atoms with Crippen LogP contribution in [0.15, 0.2) is 0 Å². The van der Waals surface area contributed by atoms with Crippen LogP contribution >= 0.6 is 0 Å². The van der Waals surface area contributed by atoms with E-state index < -0.39 is 5.97 Å². The maximum Gasteiger partial charge on any atom is 0.360 e. The molecule has 0 spiro atoms. The van der Waals surface area contributed by atoms with Gasteiger partial charge in [-0.1, -0.05) is 13.3 Å². The summed E-state index contributed by atoms with van der Waals surface area (Å²) in [7, 11) is 0. The highest BCUT2D eigenvalue weighted by molar-refractivity contribution is 5.88. The fraction of sp³-hybridized carbons (Fsp3) is 0.667. The normalized spacial score (nSPS) is 12.5. The summed E-state index contributed by atoms with van der Waals surface area (Å²) < 4.78 is 4.84. The zero-order chi connectivity index (χ0) is 11.3. The number of nitrogens with two attached hydrogens (primary N) is 1. The molecule has 0 aliphatic heterocycles. The lowest BCUT2D eigenvalue weighted by Crippen LogP contribution is -2.16. The molecule has 1 heterocycles. The molecule has 0 aromatic carbocycles. The summed E-state index contributed by atoms with van der Waals surface area (Å²) >= 11 is 0. The molecule has 6 nitrogen and oxygen atoms in total.